The van der Waals surface area contributed by atoms with Gasteiger partial charge in [0.1, 0.15) is 23.3 Å². The van der Waals surface area contributed by atoms with E-state index >= 15 is 0 Å². The Hall–Kier alpha value is -6.09. The molecule has 0 aliphatic carbocycles. The van der Waals surface area contributed by atoms with Crippen molar-refractivity contribution >= 4 is 33.7 Å². The summed E-state index contributed by atoms with van der Waals surface area (Å²) < 4.78 is 0. The normalized spacial score (nSPS) is 14.8. The Bertz CT molecular complexity index is 2190. The van der Waals surface area contributed by atoms with Crippen molar-refractivity contribution in [3.8, 4) is 45.3 Å². The highest BCUT2D eigenvalue weighted by Gasteiger charge is 2.23. The Morgan fingerprint density at radius 1 is 0.458 bits per heavy atom. The van der Waals surface area contributed by atoms with E-state index < -0.39 is 0 Å². The number of fused-ring (bicyclic) bond motifs is 2. The summed E-state index contributed by atoms with van der Waals surface area (Å²) in [7, 11) is 0. The van der Waals surface area contributed by atoms with Gasteiger partial charge in [-0.05, 0) is 49.2 Å². The van der Waals surface area contributed by atoms with Gasteiger partial charge in [0.2, 0.25) is 0 Å². The van der Waals surface area contributed by atoms with Crippen molar-refractivity contribution in [3.63, 3.8) is 0 Å². The van der Waals surface area contributed by atoms with E-state index in [1.807, 2.05) is 36.4 Å². The number of hydrogen-bond acceptors (Lipinski definition) is 7. The van der Waals surface area contributed by atoms with Crippen LogP contribution in [0.1, 0.15) is 24.0 Å². The topological polar surface area (TPSA) is 119 Å². The van der Waals surface area contributed by atoms with Crippen LogP contribution in [0.25, 0.3) is 67.4 Å². The number of aromatic amines is 2. The van der Waals surface area contributed by atoms with E-state index in [9.17, 15) is 0 Å². The zero-order valence-corrected chi connectivity index (χ0v) is 26.3. The molecule has 2 aliphatic heterocycles. The van der Waals surface area contributed by atoms with E-state index in [1.165, 1.54) is 0 Å². The largest absolute Gasteiger partial charge is 0.370 e. The molecule has 0 bridgehead atoms. The molecule has 0 saturated heterocycles. The second-order valence-corrected chi connectivity index (χ2v) is 12.1. The lowest BCUT2D eigenvalue weighted by Crippen LogP contribution is -2.30. The molecule has 0 spiro atoms. The number of amidine groups is 2. The molecule has 5 heterocycles. The predicted octanol–water partition coefficient (Wildman–Crippen LogP) is 6.98. The van der Waals surface area contributed by atoms with E-state index in [0.717, 1.165) is 129 Å². The van der Waals surface area contributed by atoms with Crippen LogP contribution in [0.2, 0.25) is 0 Å². The fourth-order valence-electron chi connectivity index (χ4n) is 6.69. The number of imidazole rings is 2. The number of benzene rings is 4. The zero-order chi connectivity index (χ0) is 31.9. The minimum atomic E-state index is 0.787. The third-order valence-corrected chi connectivity index (χ3v) is 8.98. The van der Waals surface area contributed by atoms with Gasteiger partial charge in [0, 0.05) is 59.6 Å². The molecule has 9 heteroatoms. The summed E-state index contributed by atoms with van der Waals surface area (Å²) in [6.45, 7) is 3.34. The molecule has 4 aromatic carbocycles. The van der Waals surface area contributed by atoms with Gasteiger partial charge >= 0.3 is 0 Å². The van der Waals surface area contributed by atoms with Crippen LogP contribution < -0.4 is 10.6 Å². The highest BCUT2D eigenvalue weighted by atomic mass is 15.0. The molecule has 0 fully saturated rings. The minimum absolute atomic E-state index is 0.787. The first-order valence-corrected chi connectivity index (χ1v) is 16.5. The molecule has 0 amide bonds. The first-order chi connectivity index (χ1) is 23.8. The molecule has 234 valence electrons. The lowest BCUT2D eigenvalue weighted by atomic mass is 9.97. The van der Waals surface area contributed by atoms with Gasteiger partial charge in [-0.15, -0.1) is 0 Å². The maximum atomic E-state index is 5.43. The molecule has 0 unspecified atom stereocenters. The third-order valence-electron chi connectivity index (χ3n) is 8.98. The SMILES string of the molecule is c1ccc(-c2nc3ccc(C4=NCCCN4)c(-c4cccc(-c5c(C6=NCCCN6)ccc6nc(-c7ccccc7)[nH]c56)n4)c3[nH]2)cc1. The second-order valence-electron chi connectivity index (χ2n) is 12.1. The number of nitrogens with one attached hydrogen (secondary N) is 4. The van der Waals surface area contributed by atoms with Crippen LogP contribution >= 0.6 is 0 Å². The summed E-state index contributed by atoms with van der Waals surface area (Å²) in [5.41, 5.74) is 11.3. The van der Waals surface area contributed by atoms with Crippen molar-refractivity contribution in [2.75, 3.05) is 26.2 Å². The molecule has 9 rings (SSSR count). The minimum Gasteiger partial charge on any atom is -0.370 e. The Morgan fingerprint density at radius 3 is 1.38 bits per heavy atom. The van der Waals surface area contributed by atoms with Gasteiger partial charge in [-0.25, -0.2) is 15.0 Å². The Balaban J connectivity index is 1.27. The van der Waals surface area contributed by atoms with Crippen molar-refractivity contribution < 1.29 is 0 Å². The van der Waals surface area contributed by atoms with Gasteiger partial charge in [-0.3, -0.25) is 9.98 Å². The van der Waals surface area contributed by atoms with E-state index in [4.69, 9.17) is 24.9 Å². The van der Waals surface area contributed by atoms with Crippen LogP contribution in [-0.2, 0) is 0 Å². The second kappa shape index (κ2) is 11.9. The summed E-state index contributed by atoms with van der Waals surface area (Å²) >= 11 is 0. The molecular weight excluding hydrogens is 594 g/mol. The lowest BCUT2D eigenvalue weighted by Gasteiger charge is -2.19. The van der Waals surface area contributed by atoms with Gasteiger partial charge in [-0.2, -0.15) is 0 Å². The van der Waals surface area contributed by atoms with E-state index in [0.29, 0.717) is 0 Å². The monoisotopic (exact) mass is 627 g/mol. The average molecular weight is 628 g/mol. The maximum absolute atomic E-state index is 5.43. The van der Waals surface area contributed by atoms with Gasteiger partial charge in [0.15, 0.2) is 0 Å². The third kappa shape index (κ3) is 5.00. The predicted molar refractivity (Wildman–Crippen MR) is 193 cm³/mol. The first kappa shape index (κ1) is 28.2. The van der Waals surface area contributed by atoms with Gasteiger partial charge in [0.25, 0.3) is 0 Å². The highest BCUT2D eigenvalue weighted by molar-refractivity contribution is 6.12. The first-order valence-electron chi connectivity index (χ1n) is 16.5. The van der Waals surface area contributed by atoms with Crippen molar-refractivity contribution in [2.24, 2.45) is 9.98 Å². The smallest absolute Gasteiger partial charge is 0.138 e. The van der Waals surface area contributed by atoms with Crippen LogP contribution in [0, 0.1) is 0 Å². The number of hydrogen-bond donors (Lipinski definition) is 4. The fraction of sp³-hybridized carbons (Fsp3) is 0.154. The number of pyridine rings is 1. The molecule has 0 radical (unpaired) electrons. The Kier molecular flexibility index (Phi) is 7.00. The number of aliphatic imine (C=N–C) groups is 2. The van der Waals surface area contributed by atoms with Crippen LogP contribution in [0.5, 0.6) is 0 Å². The van der Waals surface area contributed by atoms with Crippen molar-refractivity contribution in [2.45, 2.75) is 12.8 Å². The van der Waals surface area contributed by atoms with Crippen LogP contribution in [0.3, 0.4) is 0 Å². The number of H-pyrrole nitrogens is 2. The summed E-state index contributed by atoms with van der Waals surface area (Å²) in [4.78, 5) is 32.5. The lowest BCUT2D eigenvalue weighted by molar-refractivity contribution is 0.742. The van der Waals surface area contributed by atoms with Crippen LogP contribution in [-0.4, -0.2) is 62.8 Å². The Labute approximate surface area is 277 Å². The van der Waals surface area contributed by atoms with E-state index in [1.54, 1.807) is 0 Å². The molecule has 3 aromatic heterocycles. The van der Waals surface area contributed by atoms with Crippen molar-refractivity contribution in [3.05, 3.63) is 114 Å². The maximum Gasteiger partial charge on any atom is 0.138 e. The molecule has 7 aromatic rings. The van der Waals surface area contributed by atoms with Crippen LogP contribution in [0.4, 0.5) is 0 Å². The summed E-state index contributed by atoms with van der Waals surface area (Å²) in [5.74, 6) is 3.40. The van der Waals surface area contributed by atoms with E-state index in [-0.39, 0.29) is 0 Å². The summed E-state index contributed by atoms with van der Waals surface area (Å²) in [6.07, 6.45) is 2.02. The molecule has 2 aliphatic rings. The van der Waals surface area contributed by atoms with Gasteiger partial charge in [0.05, 0.1) is 33.5 Å². The average Bonchev–Trinajstić information content (AvgIpc) is 3.81. The summed E-state index contributed by atoms with van der Waals surface area (Å²) in [6, 6.07) is 35.1. The molecule has 4 N–H and O–H groups in total. The number of nitrogens with zero attached hydrogens (tertiary/aromatic N) is 5. The molecular formula is C39H33N9. The van der Waals surface area contributed by atoms with Gasteiger partial charge in [-0.1, -0.05) is 66.7 Å². The van der Waals surface area contributed by atoms with Crippen LogP contribution in [0.15, 0.2) is 113 Å². The molecule has 0 saturated carbocycles. The Morgan fingerprint density at radius 2 is 0.938 bits per heavy atom. The van der Waals surface area contributed by atoms with Crippen molar-refractivity contribution in [1.82, 2.24) is 35.6 Å². The molecule has 9 nitrogen and oxygen atoms in total. The van der Waals surface area contributed by atoms with E-state index in [2.05, 4.69) is 87.3 Å². The zero-order valence-electron chi connectivity index (χ0n) is 26.3. The molecule has 48 heavy (non-hydrogen) atoms. The quantitative estimate of drug-likeness (QED) is 0.159. The van der Waals surface area contributed by atoms with Gasteiger partial charge < -0.3 is 20.6 Å². The van der Waals surface area contributed by atoms with Crippen molar-refractivity contribution in [1.29, 1.82) is 0 Å². The number of aromatic nitrogens is 5. The fourth-order valence-corrected chi connectivity index (χ4v) is 6.69. The number of rotatable bonds is 6. The standard InChI is InChI=1S/C39H33N9/c1-3-10-24(11-4-1)36-45-30-18-16-26(38-40-20-8-21-41-38)32(34(30)47-36)28-14-7-15-29(44-28)33-27(39-42-22-9-23-43-39)17-19-31-35(33)48-37(46-31)25-12-5-2-6-13-25/h1-7,10-19H,8-9,20-23H2,(H,40,41)(H,42,43)(H,45,47)(H,46,48). The highest BCUT2D eigenvalue weighted by Crippen LogP contribution is 2.37. The molecule has 0 atom stereocenters. The summed E-state index contributed by atoms with van der Waals surface area (Å²) in [5, 5.41) is 7.08.